The smallest absolute Gasteiger partial charge is 0.187 e. The topological polar surface area (TPSA) is 158 Å². The van der Waals surface area contributed by atoms with Crippen LogP contribution >= 0.6 is 0 Å². The lowest BCUT2D eigenvalue weighted by Crippen LogP contribution is -2.60. The van der Waals surface area contributed by atoms with Crippen LogP contribution in [0.3, 0.4) is 0 Å². The first kappa shape index (κ1) is 16.5. The minimum atomic E-state index is -1.59. The number of hydrogen-bond donors (Lipinski definition) is 6. The molecule has 10 heteroatoms. The number of fused-ring (bicyclic) bond motifs is 1. The molecule has 0 saturated carbocycles. The van der Waals surface area contributed by atoms with Crippen LogP contribution in [0.15, 0.2) is 0 Å². The number of hydrogen-bond acceptors (Lipinski definition) is 10. The first-order chi connectivity index (χ1) is 10.4. The van der Waals surface area contributed by atoms with E-state index in [1.165, 1.54) is 0 Å². The van der Waals surface area contributed by atoms with Crippen LogP contribution in [0, 0.1) is 0 Å². The second-order valence-corrected chi connectivity index (χ2v) is 5.65. The summed E-state index contributed by atoms with van der Waals surface area (Å²) < 4.78 is 21.1. The predicted molar refractivity (Wildman–Crippen MR) is 65.3 cm³/mol. The van der Waals surface area contributed by atoms with Gasteiger partial charge in [0.2, 0.25) is 0 Å². The summed E-state index contributed by atoms with van der Waals surface area (Å²) in [5.74, 6) is 0. The molecule has 3 heterocycles. The van der Waals surface area contributed by atoms with Gasteiger partial charge in [0, 0.05) is 0 Å². The number of rotatable bonds is 3. The van der Waals surface area contributed by atoms with Crippen molar-refractivity contribution in [3.8, 4) is 0 Å². The van der Waals surface area contributed by atoms with Crippen LogP contribution in [0.25, 0.3) is 0 Å². The monoisotopic (exact) mass is 324 g/mol. The van der Waals surface area contributed by atoms with Gasteiger partial charge in [0.25, 0.3) is 0 Å². The fraction of sp³-hybridized carbons (Fsp3) is 1.00. The predicted octanol–water partition coefficient (Wildman–Crippen LogP) is -4.35. The summed E-state index contributed by atoms with van der Waals surface area (Å²) in [5.41, 5.74) is 0. The molecule has 0 spiro atoms. The van der Waals surface area contributed by atoms with Crippen molar-refractivity contribution in [3.05, 3.63) is 0 Å². The van der Waals surface area contributed by atoms with E-state index in [0.717, 1.165) is 0 Å². The molecule has 0 radical (unpaired) electrons. The Morgan fingerprint density at radius 3 is 2.32 bits per heavy atom. The minimum Gasteiger partial charge on any atom is -0.394 e. The first-order valence-corrected chi connectivity index (χ1v) is 7.03. The van der Waals surface area contributed by atoms with Gasteiger partial charge in [-0.25, -0.2) is 0 Å². The van der Waals surface area contributed by atoms with E-state index < -0.39 is 68.0 Å². The van der Waals surface area contributed by atoms with Crippen LogP contribution in [0.4, 0.5) is 0 Å². The molecule has 0 aromatic heterocycles. The van der Waals surface area contributed by atoms with Crippen LogP contribution in [0.1, 0.15) is 0 Å². The third-order valence-corrected chi connectivity index (χ3v) is 4.20. The Kier molecular flexibility index (Phi) is 4.67. The van der Waals surface area contributed by atoms with Gasteiger partial charge in [-0.2, -0.15) is 0 Å². The maximum atomic E-state index is 9.91. The third kappa shape index (κ3) is 2.65. The van der Waals surface area contributed by atoms with Crippen molar-refractivity contribution in [2.45, 2.75) is 61.4 Å². The Hall–Kier alpha value is -0.400. The fourth-order valence-electron chi connectivity index (χ4n) is 2.95. The molecule has 10 nitrogen and oxygen atoms in total. The van der Waals surface area contributed by atoms with Gasteiger partial charge in [0.05, 0.1) is 13.2 Å². The fourth-order valence-corrected chi connectivity index (χ4v) is 2.95. The zero-order chi connectivity index (χ0) is 16.0. The van der Waals surface area contributed by atoms with E-state index in [2.05, 4.69) is 0 Å². The van der Waals surface area contributed by atoms with Gasteiger partial charge in [0.1, 0.15) is 48.8 Å². The second-order valence-electron chi connectivity index (χ2n) is 5.65. The zero-order valence-electron chi connectivity index (χ0n) is 11.5. The third-order valence-electron chi connectivity index (χ3n) is 4.20. The Bertz CT molecular complexity index is 392. The molecule has 128 valence electrons. The SMILES string of the molecule is OC[C@H]1O[C@H](O[C@H]2C(O)O[C@H]3[C@@H]2OC[C@H]3O)[C@H](O)[C@@H](O)[C@@H]1O. The van der Waals surface area contributed by atoms with Gasteiger partial charge in [-0.3, -0.25) is 0 Å². The average Bonchev–Trinajstić information content (AvgIpc) is 3.00. The van der Waals surface area contributed by atoms with Crippen molar-refractivity contribution in [1.29, 1.82) is 0 Å². The normalized spacial score (nSPS) is 55.4. The summed E-state index contributed by atoms with van der Waals surface area (Å²) in [4.78, 5) is 0. The summed E-state index contributed by atoms with van der Waals surface area (Å²) in [6, 6.07) is 0. The molecule has 0 aromatic rings. The van der Waals surface area contributed by atoms with Gasteiger partial charge >= 0.3 is 0 Å². The van der Waals surface area contributed by atoms with Gasteiger partial charge < -0.3 is 49.6 Å². The van der Waals surface area contributed by atoms with Crippen molar-refractivity contribution in [1.82, 2.24) is 0 Å². The quantitative estimate of drug-likeness (QED) is 0.299. The molecule has 3 aliphatic rings. The Labute approximate surface area is 125 Å². The van der Waals surface area contributed by atoms with Crippen molar-refractivity contribution in [2.75, 3.05) is 13.2 Å². The molecule has 0 aliphatic carbocycles. The molecule has 3 aliphatic heterocycles. The Balaban J connectivity index is 1.69. The standard InChI is InChI=1S/C12H20O10/c13-1-4-5(15)6(16)7(17)12(20-4)22-10-9-8(21-11(10)18)3(14)2-19-9/h3-18H,1-2H2/t3-,4-,5-,6+,7-,8-,9+,10-,11?,12-/m1/s1. The van der Waals surface area contributed by atoms with Gasteiger partial charge in [-0.05, 0) is 0 Å². The summed E-state index contributed by atoms with van der Waals surface area (Å²) in [7, 11) is 0. The maximum absolute atomic E-state index is 9.91. The highest BCUT2D eigenvalue weighted by molar-refractivity contribution is 4.98. The van der Waals surface area contributed by atoms with Crippen LogP contribution in [0.5, 0.6) is 0 Å². The molecule has 3 saturated heterocycles. The molecule has 0 aromatic carbocycles. The molecule has 0 bridgehead atoms. The van der Waals surface area contributed by atoms with Crippen molar-refractivity contribution in [3.63, 3.8) is 0 Å². The van der Waals surface area contributed by atoms with Crippen LogP contribution in [-0.2, 0) is 18.9 Å². The lowest BCUT2D eigenvalue weighted by molar-refractivity contribution is -0.325. The lowest BCUT2D eigenvalue weighted by Gasteiger charge is -2.40. The molecule has 0 amide bonds. The lowest BCUT2D eigenvalue weighted by atomic mass is 9.99. The van der Waals surface area contributed by atoms with Crippen LogP contribution < -0.4 is 0 Å². The summed E-state index contributed by atoms with van der Waals surface area (Å²) >= 11 is 0. The zero-order valence-corrected chi connectivity index (χ0v) is 11.5. The van der Waals surface area contributed by atoms with Crippen molar-refractivity contribution in [2.24, 2.45) is 0 Å². The molecular formula is C12H20O10. The van der Waals surface area contributed by atoms with Gasteiger partial charge in [-0.1, -0.05) is 0 Å². The highest BCUT2D eigenvalue weighted by Crippen LogP contribution is 2.34. The second kappa shape index (κ2) is 6.24. The van der Waals surface area contributed by atoms with E-state index in [1.807, 2.05) is 0 Å². The van der Waals surface area contributed by atoms with E-state index in [1.54, 1.807) is 0 Å². The van der Waals surface area contributed by atoms with Gasteiger partial charge in [-0.15, -0.1) is 0 Å². The Morgan fingerprint density at radius 1 is 0.909 bits per heavy atom. The largest absolute Gasteiger partial charge is 0.394 e. The van der Waals surface area contributed by atoms with Crippen molar-refractivity contribution >= 4 is 0 Å². The maximum Gasteiger partial charge on any atom is 0.187 e. The van der Waals surface area contributed by atoms with E-state index in [9.17, 15) is 25.5 Å². The summed E-state index contributed by atoms with van der Waals surface area (Å²) in [5, 5.41) is 57.9. The average molecular weight is 324 g/mol. The van der Waals surface area contributed by atoms with Gasteiger partial charge in [0.15, 0.2) is 12.6 Å². The highest BCUT2D eigenvalue weighted by Gasteiger charge is 2.55. The minimum absolute atomic E-state index is 0.0244. The van der Waals surface area contributed by atoms with E-state index >= 15 is 0 Å². The number of aliphatic hydroxyl groups is 6. The molecule has 3 rings (SSSR count). The molecule has 10 atom stereocenters. The highest BCUT2D eigenvalue weighted by atomic mass is 16.7. The molecule has 22 heavy (non-hydrogen) atoms. The van der Waals surface area contributed by atoms with E-state index in [0.29, 0.717) is 0 Å². The molecule has 3 fully saturated rings. The first-order valence-electron chi connectivity index (χ1n) is 7.03. The number of aliphatic hydroxyl groups excluding tert-OH is 6. The molecule has 1 unspecified atom stereocenters. The van der Waals surface area contributed by atoms with E-state index in [4.69, 9.17) is 24.1 Å². The number of ether oxygens (including phenoxy) is 4. The van der Waals surface area contributed by atoms with Crippen LogP contribution in [-0.4, -0.2) is 105 Å². The summed E-state index contributed by atoms with van der Waals surface area (Å²) in [6.07, 6.45) is -12.1. The molecule has 6 N–H and O–H groups in total. The van der Waals surface area contributed by atoms with Crippen molar-refractivity contribution < 1.29 is 49.6 Å². The summed E-state index contributed by atoms with van der Waals surface area (Å²) in [6.45, 7) is -0.563. The molecular weight excluding hydrogens is 304 g/mol. The van der Waals surface area contributed by atoms with Crippen LogP contribution in [0.2, 0.25) is 0 Å². The Morgan fingerprint density at radius 2 is 1.64 bits per heavy atom. The van der Waals surface area contributed by atoms with E-state index in [-0.39, 0.29) is 6.61 Å².